The minimum Gasteiger partial charge on any atom is -0.391 e. The average molecular weight is 146 g/mol. The Morgan fingerprint density at radius 3 is 2.20 bits per heavy atom. The highest BCUT2D eigenvalue weighted by Crippen LogP contribution is 2.05. The smallest absolute Gasteiger partial charge is 0.0796 e. The molecule has 1 unspecified atom stereocenters. The van der Waals surface area contributed by atoms with Crippen molar-refractivity contribution >= 4 is 0 Å². The monoisotopic (exact) mass is 146 g/mol. The van der Waals surface area contributed by atoms with Gasteiger partial charge in [0.1, 0.15) is 0 Å². The zero-order valence-corrected chi connectivity index (χ0v) is 6.88. The summed E-state index contributed by atoms with van der Waals surface area (Å²) in [5.74, 6) is 0. The number of hydrogen-bond donors (Lipinski definition) is 2. The highest BCUT2D eigenvalue weighted by molar-refractivity contribution is 4.60. The summed E-state index contributed by atoms with van der Waals surface area (Å²) >= 11 is 0. The van der Waals surface area contributed by atoms with Crippen molar-refractivity contribution in [3.8, 4) is 0 Å². The van der Waals surface area contributed by atoms with E-state index in [1.807, 2.05) is 0 Å². The predicted octanol–water partition coefficient (Wildman–Crippen LogP) is 1.31. The number of unbranched alkanes of at least 4 members (excludes halogenated alkanes) is 2. The van der Waals surface area contributed by atoms with Crippen molar-refractivity contribution in [1.29, 1.82) is 0 Å². The third-order valence-electron chi connectivity index (χ3n) is 1.66. The molecule has 0 aliphatic carbocycles. The third kappa shape index (κ3) is 4.77. The van der Waals surface area contributed by atoms with Gasteiger partial charge in [-0.15, -0.1) is 0 Å². The van der Waals surface area contributed by atoms with E-state index in [-0.39, 0.29) is 0 Å². The maximum absolute atomic E-state index is 9.10. The first kappa shape index (κ1) is 9.92. The van der Waals surface area contributed by atoms with Crippen molar-refractivity contribution in [1.82, 2.24) is 0 Å². The summed E-state index contributed by atoms with van der Waals surface area (Å²) < 4.78 is 0. The van der Waals surface area contributed by atoms with Gasteiger partial charge in [0.05, 0.1) is 12.2 Å². The Balaban J connectivity index is 3.13. The minimum absolute atomic E-state index is 0.522. The number of aliphatic hydroxyl groups is 2. The first-order chi connectivity index (χ1) is 4.68. The Hall–Kier alpha value is -0.0800. The largest absolute Gasteiger partial charge is 0.391 e. The number of hydrogen-bond acceptors (Lipinski definition) is 2. The molecule has 0 fully saturated rings. The summed E-state index contributed by atoms with van der Waals surface area (Å²) in [6.07, 6.45) is 2.95. The highest BCUT2D eigenvalue weighted by atomic mass is 16.3. The second-order valence-electron chi connectivity index (χ2n) is 2.80. The fraction of sp³-hybridized carbons (Fsp3) is 1.00. The number of aliphatic hydroxyl groups excluding tert-OH is 2. The van der Waals surface area contributed by atoms with E-state index in [4.69, 9.17) is 10.2 Å². The van der Waals surface area contributed by atoms with Crippen LogP contribution in [0.3, 0.4) is 0 Å². The molecule has 0 bridgehead atoms. The Bertz CT molecular complexity index is 71.7. The quantitative estimate of drug-likeness (QED) is 0.574. The zero-order chi connectivity index (χ0) is 7.98. The summed E-state index contributed by atoms with van der Waals surface area (Å²) in [4.78, 5) is 0. The summed E-state index contributed by atoms with van der Waals surface area (Å²) in [6, 6.07) is 0. The lowest BCUT2D eigenvalue weighted by Gasteiger charge is -2.12. The van der Waals surface area contributed by atoms with Gasteiger partial charge in [-0.2, -0.15) is 0 Å². The van der Waals surface area contributed by atoms with Crippen LogP contribution in [0, 0.1) is 0 Å². The summed E-state index contributed by atoms with van der Waals surface area (Å²) in [5.41, 5.74) is 0. The molecule has 0 radical (unpaired) electrons. The van der Waals surface area contributed by atoms with Crippen LogP contribution in [0.2, 0.25) is 0 Å². The third-order valence-corrected chi connectivity index (χ3v) is 1.66. The van der Waals surface area contributed by atoms with Crippen molar-refractivity contribution in [2.45, 2.75) is 51.7 Å². The van der Waals surface area contributed by atoms with E-state index in [1.54, 1.807) is 6.92 Å². The van der Waals surface area contributed by atoms with E-state index in [0.29, 0.717) is 0 Å². The summed E-state index contributed by atoms with van der Waals surface area (Å²) in [7, 11) is 0. The molecular formula is C8H18O2. The molecule has 10 heavy (non-hydrogen) atoms. The van der Waals surface area contributed by atoms with Crippen LogP contribution in [0.5, 0.6) is 0 Å². The van der Waals surface area contributed by atoms with Crippen LogP contribution in [-0.2, 0) is 0 Å². The first-order valence-electron chi connectivity index (χ1n) is 4.04. The molecule has 0 amide bonds. The molecule has 2 atom stereocenters. The number of rotatable bonds is 5. The van der Waals surface area contributed by atoms with E-state index in [0.717, 1.165) is 25.7 Å². The van der Waals surface area contributed by atoms with Gasteiger partial charge in [-0.05, 0) is 13.3 Å². The standard InChI is InChI=1S/C8H18O2/c1-3-4-5-6-8(10)7(2)9/h7-10H,3-6H2,1-2H3/t7-,8?/m0/s1. The SMILES string of the molecule is CCCCCC(O)[C@H](C)O. The molecule has 2 nitrogen and oxygen atoms in total. The van der Waals surface area contributed by atoms with E-state index >= 15 is 0 Å². The van der Waals surface area contributed by atoms with Crippen molar-refractivity contribution in [2.75, 3.05) is 0 Å². The highest BCUT2D eigenvalue weighted by Gasteiger charge is 2.08. The van der Waals surface area contributed by atoms with Gasteiger partial charge < -0.3 is 10.2 Å². The second-order valence-corrected chi connectivity index (χ2v) is 2.80. The molecule has 2 heteroatoms. The Morgan fingerprint density at radius 1 is 1.20 bits per heavy atom. The Morgan fingerprint density at radius 2 is 1.80 bits per heavy atom. The van der Waals surface area contributed by atoms with E-state index in [2.05, 4.69) is 6.92 Å². The lowest BCUT2D eigenvalue weighted by Crippen LogP contribution is -2.21. The fourth-order valence-electron chi connectivity index (χ4n) is 0.845. The lowest BCUT2D eigenvalue weighted by atomic mass is 10.1. The molecule has 0 aliphatic rings. The van der Waals surface area contributed by atoms with Crippen molar-refractivity contribution in [2.24, 2.45) is 0 Å². The van der Waals surface area contributed by atoms with E-state index < -0.39 is 12.2 Å². The average Bonchev–Trinajstić information content (AvgIpc) is 1.88. The molecular weight excluding hydrogens is 128 g/mol. The van der Waals surface area contributed by atoms with Crippen LogP contribution < -0.4 is 0 Å². The van der Waals surface area contributed by atoms with Crippen molar-refractivity contribution < 1.29 is 10.2 Å². The molecule has 0 saturated carbocycles. The summed E-state index contributed by atoms with van der Waals surface area (Å²) in [5, 5.41) is 18.0. The molecule has 62 valence electrons. The molecule has 0 heterocycles. The van der Waals surface area contributed by atoms with Gasteiger partial charge in [-0.25, -0.2) is 0 Å². The Kier molecular flexibility index (Phi) is 5.64. The molecule has 0 aromatic heterocycles. The van der Waals surface area contributed by atoms with Gasteiger partial charge in [-0.3, -0.25) is 0 Å². The molecule has 0 rings (SSSR count). The molecule has 0 aromatic rings. The van der Waals surface area contributed by atoms with E-state index in [1.165, 1.54) is 0 Å². The molecule has 2 N–H and O–H groups in total. The van der Waals surface area contributed by atoms with Crippen LogP contribution in [0.1, 0.15) is 39.5 Å². The topological polar surface area (TPSA) is 40.5 Å². The minimum atomic E-state index is -0.572. The van der Waals surface area contributed by atoms with Gasteiger partial charge >= 0.3 is 0 Å². The van der Waals surface area contributed by atoms with E-state index in [9.17, 15) is 0 Å². The van der Waals surface area contributed by atoms with Gasteiger partial charge in [0.25, 0.3) is 0 Å². The Labute approximate surface area is 62.9 Å². The molecule has 0 saturated heterocycles. The normalized spacial score (nSPS) is 16.8. The van der Waals surface area contributed by atoms with Crippen molar-refractivity contribution in [3.63, 3.8) is 0 Å². The summed E-state index contributed by atoms with van der Waals surface area (Å²) in [6.45, 7) is 3.74. The molecule has 0 aliphatic heterocycles. The zero-order valence-electron chi connectivity index (χ0n) is 6.88. The predicted molar refractivity (Wildman–Crippen MR) is 41.8 cm³/mol. The van der Waals surface area contributed by atoms with Gasteiger partial charge in [-0.1, -0.05) is 26.2 Å². The van der Waals surface area contributed by atoms with Gasteiger partial charge in [0.2, 0.25) is 0 Å². The van der Waals surface area contributed by atoms with Crippen LogP contribution >= 0.6 is 0 Å². The molecule has 0 spiro atoms. The fourth-order valence-corrected chi connectivity index (χ4v) is 0.845. The molecule has 0 aromatic carbocycles. The maximum atomic E-state index is 9.10. The van der Waals surface area contributed by atoms with Crippen LogP contribution in [-0.4, -0.2) is 22.4 Å². The first-order valence-corrected chi connectivity index (χ1v) is 4.04. The van der Waals surface area contributed by atoms with Gasteiger partial charge in [0, 0.05) is 0 Å². The van der Waals surface area contributed by atoms with Crippen LogP contribution in [0.15, 0.2) is 0 Å². The lowest BCUT2D eigenvalue weighted by molar-refractivity contribution is 0.0247. The van der Waals surface area contributed by atoms with Crippen LogP contribution in [0.25, 0.3) is 0 Å². The van der Waals surface area contributed by atoms with Gasteiger partial charge in [0.15, 0.2) is 0 Å². The van der Waals surface area contributed by atoms with Crippen LogP contribution in [0.4, 0.5) is 0 Å². The van der Waals surface area contributed by atoms with Crippen molar-refractivity contribution in [3.05, 3.63) is 0 Å². The maximum Gasteiger partial charge on any atom is 0.0796 e. The second kappa shape index (κ2) is 5.69.